The summed E-state index contributed by atoms with van der Waals surface area (Å²) in [6.07, 6.45) is 4.54. The second kappa shape index (κ2) is 5.69. The number of hydrogen-bond acceptors (Lipinski definition) is 5. The molecule has 0 amide bonds. The maximum Gasteiger partial charge on any atom is 0.0999 e. The first-order chi connectivity index (χ1) is 9.26. The molecule has 0 fully saturated rings. The largest absolute Gasteiger partial charge is 0.309 e. The molecule has 1 N–H and O–H groups in total. The Kier molecular flexibility index (Phi) is 3.96. The van der Waals surface area contributed by atoms with E-state index in [1.54, 1.807) is 11.3 Å². The lowest BCUT2D eigenvalue weighted by atomic mass is 9.98. The van der Waals surface area contributed by atoms with Crippen LogP contribution >= 0.6 is 22.7 Å². The van der Waals surface area contributed by atoms with Gasteiger partial charge in [-0.3, -0.25) is 0 Å². The Hall–Kier alpha value is -0.780. The van der Waals surface area contributed by atoms with Gasteiger partial charge in [-0.05, 0) is 32.7 Å². The molecule has 1 unspecified atom stereocenters. The molecule has 0 bridgehead atoms. The van der Waals surface area contributed by atoms with Gasteiger partial charge < -0.3 is 5.32 Å². The lowest BCUT2D eigenvalue weighted by molar-refractivity contribution is 0.476. The van der Waals surface area contributed by atoms with E-state index in [-0.39, 0.29) is 0 Å². The number of hydrogen-bond donors (Lipinski definition) is 1. The Balaban J connectivity index is 1.81. The van der Waals surface area contributed by atoms with Gasteiger partial charge in [0.25, 0.3) is 0 Å². The standard InChI is InChI=1S/C14H19N3S2/c1-3-15-10-5-4-6-11-14(10)19-13(17-11)7-12-16-9(2)8-18-12/h8,10,15H,3-7H2,1-2H3. The molecule has 1 aliphatic carbocycles. The fourth-order valence-corrected chi connectivity index (χ4v) is 4.70. The van der Waals surface area contributed by atoms with Crippen LogP contribution in [0.1, 0.15) is 52.1 Å². The molecule has 0 aliphatic heterocycles. The fraction of sp³-hybridized carbons (Fsp3) is 0.571. The van der Waals surface area contributed by atoms with Crippen molar-refractivity contribution in [2.24, 2.45) is 0 Å². The van der Waals surface area contributed by atoms with Crippen LogP contribution in [0.3, 0.4) is 0 Å². The average molecular weight is 293 g/mol. The quantitative estimate of drug-likeness (QED) is 0.937. The summed E-state index contributed by atoms with van der Waals surface area (Å²) in [5.74, 6) is 0. The molecule has 19 heavy (non-hydrogen) atoms. The number of thiazole rings is 2. The summed E-state index contributed by atoms with van der Waals surface area (Å²) in [7, 11) is 0. The Morgan fingerprint density at radius 3 is 3.00 bits per heavy atom. The predicted octanol–water partition coefficient (Wildman–Crippen LogP) is 3.49. The van der Waals surface area contributed by atoms with Gasteiger partial charge in [-0.25, -0.2) is 9.97 Å². The highest BCUT2D eigenvalue weighted by molar-refractivity contribution is 7.12. The summed E-state index contributed by atoms with van der Waals surface area (Å²) in [6.45, 7) is 5.26. The summed E-state index contributed by atoms with van der Waals surface area (Å²) >= 11 is 3.62. The van der Waals surface area contributed by atoms with Crippen LogP contribution in [-0.4, -0.2) is 16.5 Å². The molecule has 3 nitrogen and oxygen atoms in total. The molecule has 0 aromatic carbocycles. The van der Waals surface area contributed by atoms with Crippen molar-refractivity contribution in [3.63, 3.8) is 0 Å². The van der Waals surface area contributed by atoms with Crippen LogP contribution in [0.4, 0.5) is 0 Å². The molecular formula is C14H19N3S2. The highest BCUT2D eigenvalue weighted by atomic mass is 32.1. The minimum absolute atomic E-state index is 0.526. The van der Waals surface area contributed by atoms with Crippen molar-refractivity contribution in [1.82, 2.24) is 15.3 Å². The Bertz CT molecular complexity index is 559. The van der Waals surface area contributed by atoms with E-state index in [2.05, 4.69) is 22.6 Å². The molecule has 0 saturated heterocycles. The molecule has 0 saturated carbocycles. The molecule has 3 rings (SSSR count). The number of aromatic nitrogens is 2. The zero-order valence-electron chi connectivity index (χ0n) is 11.4. The average Bonchev–Trinajstić information content (AvgIpc) is 2.97. The van der Waals surface area contributed by atoms with E-state index in [0.29, 0.717) is 6.04 Å². The van der Waals surface area contributed by atoms with Crippen molar-refractivity contribution in [2.45, 2.75) is 45.6 Å². The Morgan fingerprint density at radius 1 is 1.37 bits per heavy atom. The van der Waals surface area contributed by atoms with Crippen LogP contribution in [0, 0.1) is 6.92 Å². The Labute approximate surface area is 122 Å². The van der Waals surface area contributed by atoms with Crippen molar-refractivity contribution in [2.75, 3.05) is 6.54 Å². The van der Waals surface area contributed by atoms with Gasteiger partial charge in [-0.15, -0.1) is 22.7 Å². The highest BCUT2D eigenvalue weighted by Crippen LogP contribution is 2.35. The van der Waals surface area contributed by atoms with Gasteiger partial charge in [0.15, 0.2) is 0 Å². The summed E-state index contributed by atoms with van der Waals surface area (Å²) in [6, 6.07) is 0.526. The number of nitrogens with one attached hydrogen (secondary N) is 1. The first kappa shape index (κ1) is 13.2. The topological polar surface area (TPSA) is 37.8 Å². The third-order valence-electron chi connectivity index (χ3n) is 3.41. The number of nitrogens with zero attached hydrogens (tertiary/aromatic N) is 2. The zero-order valence-corrected chi connectivity index (χ0v) is 13.0. The molecule has 2 aromatic rings. The molecular weight excluding hydrogens is 274 g/mol. The lowest BCUT2D eigenvalue weighted by Gasteiger charge is -2.21. The van der Waals surface area contributed by atoms with Gasteiger partial charge in [0.05, 0.1) is 22.1 Å². The van der Waals surface area contributed by atoms with Gasteiger partial charge >= 0.3 is 0 Å². The van der Waals surface area contributed by atoms with Crippen LogP contribution in [0.25, 0.3) is 0 Å². The monoisotopic (exact) mass is 293 g/mol. The van der Waals surface area contributed by atoms with E-state index < -0.39 is 0 Å². The Morgan fingerprint density at radius 2 is 2.26 bits per heavy atom. The second-order valence-electron chi connectivity index (χ2n) is 4.98. The van der Waals surface area contributed by atoms with Crippen molar-refractivity contribution in [1.29, 1.82) is 0 Å². The molecule has 0 spiro atoms. The SMILES string of the molecule is CCNC1CCCc2nc(Cc3nc(C)cs3)sc21. The summed E-state index contributed by atoms with van der Waals surface area (Å²) in [5.41, 5.74) is 2.44. The van der Waals surface area contributed by atoms with E-state index in [1.807, 2.05) is 18.3 Å². The summed E-state index contributed by atoms with van der Waals surface area (Å²) in [5, 5.41) is 8.10. The van der Waals surface area contributed by atoms with Crippen molar-refractivity contribution in [3.05, 3.63) is 31.7 Å². The maximum absolute atomic E-state index is 4.83. The molecule has 102 valence electrons. The molecule has 1 aliphatic rings. The smallest absolute Gasteiger partial charge is 0.0999 e. The van der Waals surface area contributed by atoms with E-state index in [9.17, 15) is 0 Å². The minimum Gasteiger partial charge on any atom is -0.309 e. The van der Waals surface area contributed by atoms with E-state index in [0.717, 1.165) is 25.1 Å². The molecule has 2 aromatic heterocycles. The van der Waals surface area contributed by atoms with Gasteiger partial charge in [0.1, 0.15) is 0 Å². The highest BCUT2D eigenvalue weighted by Gasteiger charge is 2.24. The van der Waals surface area contributed by atoms with Gasteiger partial charge in [0, 0.05) is 22.0 Å². The van der Waals surface area contributed by atoms with Gasteiger partial charge in [0.2, 0.25) is 0 Å². The number of rotatable bonds is 4. The lowest BCUT2D eigenvalue weighted by Crippen LogP contribution is -2.23. The van der Waals surface area contributed by atoms with Crippen molar-refractivity contribution >= 4 is 22.7 Å². The van der Waals surface area contributed by atoms with Crippen molar-refractivity contribution < 1.29 is 0 Å². The molecule has 2 heterocycles. The third-order valence-corrected chi connectivity index (χ3v) is 5.59. The number of aryl methyl sites for hydroxylation is 2. The molecule has 5 heteroatoms. The fourth-order valence-electron chi connectivity index (χ4n) is 2.60. The van der Waals surface area contributed by atoms with E-state index in [1.165, 1.54) is 33.4 Å². The van der Waals surface area contributed by atoms with Gasteiger partial charge in [-0.1, -0.05) is 6.92 Å². The van der Waals surface area contributed by atoms with E-state index >= 15 is 0 Å². The van der Waals surface area contributed by atoms with Crippen LogP contribution in [0.2, 0.25) is 0 Å². The number of fused-ring (bicyclic) bond motifs is 1. The van der Waals surface area contributed by atoms with E-state index in [4.69, 9.17) is 4.98 Å². The summed E-state index contributed by atoms with van der Waals surface area (Å²) in [4.78, 5) is 10.8. The van der Waals surface area contributed by atoms with Crippen LogP contribution in [0.15, 0.2) is 5.38 Å². The second-order valence-corrected chi connectivity index (χ2v) is 7.04. The normalized spacial score (nSPS) is 18.5. The molecule has 1 atom stereocenters. The predicted molar refractivity (Wildman–Crippen MR) is 81.1 cm³/mol. The zero-order chi connectivity index (χ0) is 13.2. The van der Waals surface area contributed by atoms with Crippen LogP contribution in [0.5, 0.6) is 0 Å². The van der Waals surface area contributed by atoms with Crippen LogP contribution < -0.4 is 5.32 Å². The molecule has 0 radical (unpaired) electrons. The first-order valence-corrected chi connectivity index (χ1v) is 8.58. The third kappa shape index (κ3) is 2.88. The van der Waals surface area contributed by atoms with Gasteiger partial charge in [-0.2, -0.15) is 0 Å². The van der Waals surface area contributed by atoms with Crippen LogP contribution in [-0.2, 0) is 12.8 Å². The summed E-state index contributed by atoms with van der Waals surface area (Å²) < 4.78 is 0. The van der Waals surface area contributed by atoms with Crippen molar-refractivity contribution in [3.8, 4) is 0 Å². The minimum atomic E-state index is 0.526. The maximum atomic E-state index is 4.83. The first-order valence-electron chi connectivity index (χ1n) is 6.89.